The molecule has 3 rings (SSSR count). The van der Waals surface area contributed by atoms with E-state index in [1.54, 1.807) is 9.80 Å². The summed E-state index contributed by atoms with van der Waals surface area (Å²) in [5, 5.41) is 0. The first-order valence-electron chi connectivity index (χ1n) is 8.37. The zero-order chi connectivity index (χ0) is 18.0. The molecule has 2 aromatic rings. The fraction of sp³-hybridized carbons (Fsp3) is 0.300. The molecule has 0 atom stereocenters. The van der Waals surface area contributed by atoms with Crippen LogP contribution in [0, 0.1) is 19.7 Å². The van der Waals surface area contributed by atoms with E-state index in [-0.39, 0.29) is 17.6 Å². The third-order valence-electron chi connectivity index (χ3n) is 4.70. The van der Waals surface area contributed by atoms with E-state index in [1.807, 2.05) is 32.0 Å². The fourth-order valence-electron chi connectivity index (χ4n) is 2.94. The van der Waals surface area contributed by atoms with Crippen LogP contribution in [0.4, 0.5) is 4.39 Å². The van der Waals surface area contributed by atoms with Crippen molar-refractivity contribution < 1.29 is 14.0 Å². The van der Waals surface area contributed by atoms with Gasteiger partial charge in [-0.15, -0.1) is 0 Å². The van der Waals surface area contributed by atoms with Gasteiger partial charge in [-0.25, -0.2) is 4.39 Å². The monoisotopic (exact) mass is 340 g/mol. The molecule has 130 valence electrons. The summed E-state index contributed by atoms with van der Waals surface area (Å²) in [7, 11) is 0. The SMILES string of the molecule is Cc1ccc(C(=O)N2CCN(C(=O)c3ccc(F)cc3)CC2)cc1C. The third kappa shape index (κ3) is 3.71. The van der Waals surface area contributed by atoms with Crippen molar-refractivity contribution in [2.24, 2.45) is 0 Å². The largest absolute Gasteiger partial charge is 0.335 e. The molecule has 0 aromatic heterocycles. The number of carbonyl (C=O) groups is 2. The van der Waals surface area contributed by atoms with Gasteiger partial charge in [-0.05, 0) is 61.4 Å². The molecule has 5 heteroatoms. The lowest BCUT2D eigenvalue weighted by Gasteiger charge is -2.35. The lowest BCUT2D eigenvalue weighted by Crippen LogP contribution is -2.50. The zero-order valence-electron chi connectivity index (χ0n) is 14.5. The highest BCUT2D eigenvalue weighted by atomic mass is 19.1. The first-order valence-corrected chi connectivity index (χ1v) is 8.37. The van der Waals surface area contributed by atoms with E-state index >= 15 is 0 Å². The van der Waals surface area contributed by atoms with Crippen LogP contribution in [0.15, 0.2) is 42.5 Å². The number of aryl methyl sites for hydroxylation is 2. The number of hydrogen-bond acceptors (Lipinski definition) is 2. The lowest BCUT2D eigenvalue weighted by molar-refractivity contribution is 0.0535. The van der Waals surface area contributed by atoms with Crippen molar-refractivity contribution in [1.82, 2.24) is 9.80 Å². The zero-order valence-corrected chi connectivity index (χ0v) is 14.5. The molecule has 0 spiro atoms. The predicted octanol–water partition coefficient (Wildman–Crippen LogP) is 3.04. The van der Waals surface area contributed by atoms with Gasteiger partial charge in [0.15, 0.2) is 0 Å². The summed E-state index contributed by atoms with van der Waals surface area (Å²) in [6.07, 6.45) is 0. The Morgan fingerprint density at radius 3 is 1.76 bits per heavy atom. The van der Waals surface area contributed by atoms with Crippen molar-refractivity contribution in [1.29, 1.82) is 0 Å². The second kappa shape index (κ2) is 7.05. The third-order valence-corrected chi connectivity index (χ3v) is 4.70. The Labute approximate surface area is 146 Å². The van der Waals surface area contributed by atoms with Crippen LogP contribution in [-0.4, -0.2) is 47.8 Å². The smallest absolute Gasteiger partial charge is 0.253 e. The molecule has 0 unspecified atom stereocenters. The molecule has 1 fully saturated rings. The number of nitrogens with zero attached hydrogens (tertiary/aromatic N) is 2. The van der Waals surface area contributed by atoms with Gasteiger partial charge < -0.3 is 9.80 Å². The number of benzene rings is 2. The van der Waals surface area contributed by atoms with Crippen molar-refractivity contribution >= 4 is 11.8 Å². The average molecular weight is 340 g/mol. The highest BCUT2D eigenvalue weighted by molar-refractivity contribution is 5.96. The summed E-state index contributed by atoms with van der Waals surface area (Å²) >= 11 is 0. The van der Waals surface area contributed by atoms with Crippen molar-refractivity contribution in [3.63, 3.8) is 0 Å². The summed E-state index contributed by atoms with van der Waals surface area (Å²) in [6.45, 7) is 5.96. The Bertz CT molecular complexity index is 794. The van der Waals surface area contributed by atoms with Crippen LogP contribution in [0.1, 0.15) is 31.8 Å². The van der Waals surface area contributed by atoms with Gasteiger partial charge >= 0.3 is 0 Å². The van der Waals surface area contributed by atoms with Gasteiger partial charge in [-0.3, -0.25) is 9.59 Å². The van der Waals surface area contributed by atoms with Crippen LogP contribution >= 0.6 is 0 Å². The maximum Gasteiger partial charge on any atom is 0.253 e. The molecule has 1 heterocycles. The number of amides is 2. The van der Waals surface area contributed by atoms with Gasteiger partial charge in [0.1, 0.15) is 5.82 Å². The van der Waals surface area contributed by atoms with Crippen molar-refractivity contribution in [2.45, 2.75) is 13.8 Å². The van der Waals surface area contributed by atoms with Crippen LogP contribution in [-0.2, 0) is 0 Å². The summed E-state index contributed by atoms with van der Waals surface area (Å²) < 4.78 is 13.0. The van der Waals surface area contributed by atoms with E-state index in [0.717, 1.165) is 11.1 Å². The molecule has 1 aliphatic rings. The van der Waals surface area contributed by atoms with Crippen LogP contribution in [0.25, 0.3) is 0 Å². The fourth-order valence-corrected chi connectivity index (χ4v) is 2.94. The van der Waals surface area contributed by atoms with Gasteiger partial charge in [0.25, 0.3) is 11.8 Å². The minimum absolute atomic E-state index is 0.00280. The number of hydrogen-bond donors (Lipinski definition) is 0. The Morgan fingerprint density at radius 2 is 1.24 bits per heavy atom. The van der Waals surface area contributed by atoms with E-state index < -0.39 is 0 Å². The molecule has 0 saturated carbocycles. The van der Waals surface area contributed by atoms with Crippen LogP contribution in [0.5, 0.6) is 0 Å². The minimum Gasteiger partial charge on any atom is -0.335 e. The van der Waals surface area contributed by atoms with E-state index in [0.29, 0.717) is 37.3 Å². The van der Waals surface area contributed by atoms with Crippen molar-refractivity contribution in [3.05, 3.63) is 70.5 Å². The minimum atomic E-state index is -0.361. The van der Waals surface area contributed by atoms with E-state index in [9.17, 15) is 14.0 Å². The highest BCUT2D eigenvalue weighted by Gasteiger charge is 2.25. The molecule has 0 N–H and O–H groups in total. The summed E-state index contributed by atoms with van der Waals surface area (Å²) in [5.74, 6) is -0.490. The number of piperazine rings is 1. The maximum absolute atomic E-state index is 13.0. The van der Waals surface area contributed by atoms with Crippen LogP contribution in [0.3, 0.4) is 0 Å². The summed E-state index contributed by atoms with van der Waals surface area (Å²) in [6, 6.07) is 11.3. The molecular weight excluding hydrogens is 319 g/mol. The molecule has 0 bridgehead atoms. The molecule has 4 nitrogen and oxygen atoms in total. The highest BCUT2D eigenvalue weighted by Crippen LogP contribution is 2.15. The van der Waals surface area contributed by atoms with E-state index in [4.69, 9.17) is 0 Å². The summed E-state index contributed by atoms with van der Waals surface area (Å²) in [4.78, 5) is 28.5. The van der Waals surface area contributed by atoms with Gasteiger partial charge in [-0.2, -0.15) is 0 Å². The second-order valence-electron chi connectivity index (χ2n) is 6.39. The second-order valence-corrected chi connectivity index (χ2v) is 6.39. The first-order chi connectivity index (χ1) is 12.0. The normalized spacial score (nSPS) is 14.5. The lowest BCUT2D eigenvalue weighted by atomic mass is 10.1. The van der Waals surface area contributed by atoms with Crippen molar-refractivity contribution in [2.75, 3.05) is 26.2 Å². The molecule has 0 radical (unpaired) electrons. The standard InChI is InChI=1S/C20H21FN2O2/c1-14-3-4-17(13-15(14)2)20(25)23-11-9-22(10-12-23)19(24)16-5-7-18(21)8-6-16/h3-8,13H,9-12H2,1-2H3. The Hall–Kier alpha value is -2.69. The maximum atomic E-state index is 13.0. The van der Waals surface area contributed by atoms with Gasteiger partial charge in [0, 0.05) is 37.3 Å². The van der Waals surface area contributed by atoms with Gasteiger partial charge in [0.2, 0.25) is 0 Å². The molecule has 25 heavy (non-hydrogen) atoms. The average Bonchev–Trinajstić information content (AvgIpc) is 2.63. The van der Waals surface area contributed by atoms with Gasteiger partial charge in [0.05, 0.1) is 0 Å². The predicted molar refractivity (Wildman–Crippen MR) is 94.1 cm³/mol. The van der Waals surface area contributed by atoms with Crippen molar-refractivity contribution in [3.8, 4) is 0 Å². The summed E-state index contributed by atoms with van der Waals surface area (Å²) in [5.41, 5.74) is 3.40. The Balaban J connectivity index is 1.63. The first kappa shape index (κ1) is 17.1. The molecule has 2 amide bonds. The Kier molecular flexibility index (Phi) is 4.83. The molecular formula is C20H21FN2O2. The topological polar surface area (TPSA) is 40.6 Å². The molecule has 1 aliphatic heterocycles. The van der Waals surface area contributed by atoms with E-state index in [2.05, 4.69) is 0 Å². The number of rotatable bonds is 2. The van der Waals surface area contributed by atoms with E-state index in [1.165, 1.54) is 24.3 Å². The molecule has 0 aliphatic carbocycles. The van der Waals surface area contributed by atoms with Crippen LogP contribution < -0.4 is 0 Å². The number of halogens is 1. The molecule has 1 saturated heterocycles. The van der Waals surface area contributed by atoms with Gasteiger partial charge in [-0.1, -0.05) is 6.07 Å². The quantitative estimate of drug-likeness (QED) is 0.843. The molecule has 2 aromatic carbocycles. The van der Waals surface area contributed by atoms with Crippen LogP contribution in [0.2, 0.25) is 0 Å². The Morgan fingerprint density at radius 1 is 0.760 bits per heavy atom. The number of carbonyl (C=O) groups excluding carboxylic acids is 2.